The van der Waals surface area contributed by atoms with Crippen LogP contribution in [0.1, 0.15) is 36.4 Å². The standard InChI is InChI=1S/C23H21BrN2O3/c24-16-8-9-18-17(11-16)21(27)19-20(15-7-4-10-25-12-15)26(23(28)22(19)29-18)13-14-5-2-1-3-6-14/h1-7,10,12,16-18,20H,8-9,11,13H2. The number of carbonyl (C=O) groups excluding carboxylic acids is 2. The summed E-state index contributed by atoms with van der Waals surface area (Å²) in [5.74, 6) is -0.104. The topological polar surface area (TPSA) is 59.5 Å². The zero-order chi connectivity index (χ0) is 20.0. The highest BCUT2D eigenvalue weighted by atomic mass is 79.9. The van der Waals surface area contributed by atoms with E-state index in [4.69, 9.17) is 4.74 Å². The molecule has 1 saturated carbocycles. The molecule has 0 radical (unpaired) electrons. The normalized spacial score (nSPS) is 28.8. The zero-order valence-electron chi connectivity index (χ0n) is 15.8. The predicted molar refractivity (Wildman–Crippen MR) is 111 cm³/mol. The number of ether oxygens (including phenoxy) is 1. The molecule has 29 heavy (non-hydrogen) atoms. The molecule has 1 fully saturated rings. The SMILES string of the molecule is O=C1C2=C(OC3CCC(Br)CC13)C(=O)N(Cc1ccccc1)C2c1cccnc1. The van der Waals surface area contributed by atoms with Gasteiger partial charge in [0.25, 0.3) is 5.91 Å². The van der Waals surface area contributed by atoms with Crippen LogP contribution in [0.2, 0.25) is 0 Å². The Kier molecular flexibility index (Phi) is 4.74. The number of rotatable bonds is 3. The van der Waals surface area contributed by atoms with Gasteiger partial charge in [0.1, 0.15) is 6.10 Å². The number of Topliss-reactive ketones (excluding diaryl/α,β-unsaturated/α-hetero) is 1. The van der Waals surface area contributed by atoms with Crippen LogP contribution in [0.3, 0.4) is 0 Å². The highest BCUT2D eigenvalue weighted by Crippen LogP contribution is 2.47. The van der Waals surface area contributed by atoms with Crippen molar-refractivity contribution >= 4 is 27.6 Å². The van der Waals surface area contributed by atoms with Gasteiger partial charge in [0.2, 0.25) is 0 Å². The van der Waals surface area contributed by atoms with E-state index in [-0.39, 0.29) is 29.5 Å². The first kappa shape index (κ1) is 18.6. The summed E-state index contributed by atoms with van der Waals surface area (Å²) in [4.78, 5) is 33.2. The Labute approximate surface area is 177 Å². The number of amides is 1. The molecule has 2 aliphatic heterocycles. The van der Waals surface area contributed by atoms with Crippen LogP contribution in [0.5, 0.6) is 0 Å². The van der Waals surface area contributed by atoms with E-state index in [0.29, 0.717) is 16.9 Å². The van der Waals surface area contributed by atoms with Gasteiger partial charge < -0.3 is 9.64 Å². The molecular weight excluding hydrogens is 432 g/mol. The third-order valence-electron chi connectivity index (χ3n) is 6.08. The lowest BCUT2D eigenvalue weighted by atomic mass is 9.77. The lowest BCUT2D eigenvalue weighted by Gasteiger charge is -2.37. The fraction of sp³-hybridized carbons (Fsp3) is 0.348. The van der Waals surface area contributed by atoms with Gasteiger partial charge in [0.15, 0.2) is 11.5 Å². The molecule has 1 aromatic heterocycles. The van der Waals surface area contributed by atoms with Crippen molar-refractivity contribution in [1.82, 2.24) is 9.88 Å². The third-order valence-corrected chi connectivity index (χ3v) is 6.91. The van der Waals surface area contributed by atoms with Gasteiger partial charge in [-0.2, -0.15) is 0 Å². The molecule has 1 aromatic carbocycles. The van der Waals surface area contributed by atoms with E-state index < -0.39 is 6.04 Å². The summed E-state index contributed by atoms with van der Waals surface area (Å²) in [5.41, 5.74) is 2.35. The largest absolute Gasteiger partial charge is 0.483 e. The Balaban J connectivity index is 1.57. The molecule has 2 aromatic rings. The van der Waals surface area contributed by atoms with Crippen LogP contribution in [0, 0.1) is 5.92 Å². The van der Waals surface area contributed by atoms with Crippen molar-refractivity contribution in [2.45, 2.75) is 42.8 Å². The van der Waals surface area contributed by atoms with E-state index in [0.717, 1.165) is 30.4 Å². The lowest BCUT2D eigenvalue weighted by molar-refractivity contribution is -0.135. The van der Waals surface area contributed by atoms with Gasteiger partial charge >= 0.3 is 0 Å². The molecule has 0 N–H and O–H groups in total. The fourth-order valence-electron chi connectivity index (χ4n) is 4.69. The summed E-state index contributed by atoms with van der Waals surface area (Å²) in [5, 5.41) is 0. The van der Waals surface area contributed by atoms with Crippen molar-refractivity contribution in [3.05, 3.63) is 77.3 Å². The third kappa shape index (κ3) is 3.19. The summed E-state index contributed by atoms with van der Waals surface area (Å²) in [6.45, 7) is 0.416. The molecule has 3 aliphatic rings. The van der Waals surface area contributed by atoms with E-state index in [1.165, 1.54) is 0 Å². The first-order chi connectivity index (χ1) is 14.1. The number of fused-ring (bicyclic) bond motifs is 1. The van der Waals surface area contributed by atoms with Gasteiger partial charge in [0, 0.05) is 23.8 Å². The Morgan fingerprint density at radius 2 is 1.93 bits per heavy atom. The van der Waals surface area contributed by atoms with Crippen LogP contribution in [-0.2, 0) is 20.9 Å². The number of carbonyl (C=O) groups is 2. The molecule has 0 spiro atoms. The van der Waals surface area contributed by atoms with Gasteiger partial charge in [-0.15, -0.1) is 0 Å². The van der Waals surface area contributed by atoms with Gasteiger partial charge in [-0.3, -0.25) is 14.6 Å². The number of nitrogens with zero attached hydrogens (tertiary/aromatic N) is 2. The highest BCUT2D eigenvalue weighted by Gasteiger charge is 2.52. The van der Waals surface area contributed by atoms with Crippen molar-refractivity contribution < 1.29 is 14.3 Å². The monoisotopic (exact) mass is 452 g/mol. The lowest BCUT2D eigenvalue weighted by Crippen LogP contribution is -2.41. The van der Waals surface area contributed by atoms with Crippen LogP contribution < -0.4 is 0 Å². The number of halogens is 1. The maximum Gasteiger partial charge on any atom is 0.290 e. The van der Waals surface area contributed by atoms with E-state index in [1.807, 2.05) is 42.5 Å². The Morgan fingerprint density at radius 3 is 2.69 bits per heavy atom. The van der Waals surface area contributed by atoms with E-state index in [1.54, 1.807) is 17.3 Å². The minimum Gasteiger partial charge on any atom is -0.483 e. The van der Waals surface area contributed by atoms with E-state index >= 15 is 0 Å². The van der Waals surface area contributed by atoms with Crippen LogP contribution in [-0.4, -0.2) is 32.5 Å². The molecule has 1 aliphatic carbocycles. The molecule has 4 atom stereocenters. The van der Waals surface area contributed by atoms with Crippen molar-refractivity contribution in [2.75, 3.05) is 0 Å². The first-order valence-electron chi connectivity index (χ1n) is 9.97. The average Bonchev–Trinajstić information content (AvgIpc) is 3.02. The predicted octanol–water partition coefficient (Wildman–Crippen LogP) is 3.95. The number of hydrogen-bond acceptors (Lipinski definition) is 4. The van der Waals surface area contributed by atoms with Crippen LogP contribution in [0.15, 0.2) is 66.2 Å². The molecule has 0 bridgehead atoms. The Morgan fingerprint density at radius 1 is 1.10 bits per heavy atom. The van der Waals surface area contributed by atoms with E-state index in [2.05, 4.69) is 20.9 Å². The van der Waals surface area contributed by atoms with Crippen molar-refractivity contribution in [2.24, 2.45) is 5.92 Å². The molecular formula is C23H21BrN2O3. The molecule has 148 valence electrons. The van der Waals surface area contributed by atoms with Gasteiger partial charge in [-0.25, -0.2) is 0 Å². The molecule has 1 amide bonds. The fourth-order valence-corrected chi connectivity index (χ4v) is 5.36. The molecule has 0 saturated heterocycles. The Hall–Kier alpha value is -2.47. The smallest absolute Gasteiger partial charge is 0.290 e. The molecule has 6 heteroatoms. The number of pyridine rings is 1. The van der Waals surface area contributed by atoms with Crippen LogP contribution in [0.4, 0.5) is 0 Å². The van der Waals surface area contributed by atoms with Gasteiger partial charge in [0.05, 0.1) is 17.5 Å². The van der Waals surface area contributed by atoms with E-state index in [9.17, 15) is 9.59 Å². The second kappa shape index (κ2) is 7.41. The van der Waals surface area contributed by atoms with Crippen LogP contribution in [0.25, 0.3) is 0 Å². The second-order valence-corrected chi connectivity index (χ2v) is 9.18. The Bertz CT molecular complexity index is 976. The highest BCUT2D eigenvalue weighted by molar-refractivity contribution is 9.09. The summed E-state index contributed by atoms with van der Waals surface area (Å²) < 4.78 is 6.19. The maximum atomic E-state index is 13.6. The zero-order valence-corrected chi connectivity index (χ0v) is 17.4. The number of benzene rings is 1. The molecule has 4 unspecified atom stereocenters. The summed E-state index contributed by atoms with van der Waals surface area (Å²) in [7, 11) is 0. The minimum atomic E-state index is -0.462. The quantitative estimate of drug-likeness (QED) is 0.661. The second-order valence-electron chi connectivity index (χ2n) is 7.89. The summed E-state index contributed by atoms with van der Waals surface area (Å²) in [6, 6.07) is 13.1. The number of hydrogen-bond donors (Lipinski definition) is 0. The molecule has 5 rings (SSSR count). The van der Waals surface area contributed by atoms with Crippen molar-refractivity contribution in [3.63, 3.8) is 0 Å². The number of aromatic nitrogens is 1. The molecule has 3 heterocycles. The summed E-state index contributed by atoms with van der Waals surface area (Å²) in [6.07, 6.45) is 5.71. The average molecular weight is 453 g/mol. The number of ketones is 1. The number of alkyl halides is 1. The maximum absolute atomic E-state index is 13.6. The molecule has 5 nitrogen and oxygen atoms in total. The van der Waals surface area contributed by atoms with Crippen molar-refractivity contribution in [3.8, 4) is 0 Å². The van der Waals surface area contributed by atoms with Crippen molar-refractivity contribution in [1.29, 1.82) is 0 Å². The summed E-state index contributed by atoms with van der Waals surface area (Å²) >= 11 is 3.67. The van der Waals surface area contributed by atoms with Gasteiger partial charge in [-0.05, 0) is 36.5 Å². The first-order valence-corrected chi connectivity index (χ1v) is 10.9. The minimum absolute atomic E-state index is 0.0539. The van der Waals surface area contributed by atoms with Gasteiger partial charge in [-0.1, -0.05) is 52.3 Å². The van der Waals surface area contributed by atoms with Crippen LogP contribution >= 0.6 is 15.9 Å².